The molecule has 1 aliphatic heterocycles. The molecule has 116 valence electrons. The molecule has 4 nitrogen and oxygen atoms in total. The van der Waals surface area contributed by atoms with Crippen LogP contribution >= 0.6 is 11.3 Å². The van der Waals surface area contributed by atoms with Crippen molar-refractivity contribution in [3.8, 4) is 0 Å². The van der Waals surface area contributed by atoms with Gasteiger partial charge in [0, 0.05) is 35.3 Å². The van der Waals surface area contributed by atoms with Crippen LogP contribution in [-0.2, 0) is 16.0 Å². The normalized spacial score (nSPS) is 34.9. The minimum absolute atomic E-state index is 0.0247. The number of carbonyl (C=O) groups excluding carboxylic acids is 1. The molecule has 2 fully saturated rings. The standard InChI is InChI=1S/C16H24N2O2S/c1-10(9-11-5-4-8-21-11)18-14(19)16(17)12-6-7-20-13(12)15(16,2)3/h4-5,8,10,12-13H,6-7,9,17H2,1-3H3,(H,18,19). The molecule has 0 spiro atoms. The van der Waals surface area contributed by atoms with E-state index in [1.807, 2.05) is 26.8 Å². The molecule has 4 unspecified atom stereocenters. The van der Waals surface area contributed by atoms with Crippen LogP contribution in [0.1, 0.15) is 32.1 Å². The third kappa shape index (κ3) is 2.14. The van der Waals surface area contributed by atoms with Gasteiger partial charge in [0.05, 0.1) is 6.10 Å². The highest BCUT2D eigenvalue weighted by Gasteiger charge is 2.71. The van der Waals surface area contributed by atoms with Gasteiger partial charge >= 0.3 is 0 Å². The highest BCUT2D eigenvalue weighted by atomic mass is 32.1. The highest BCUT2D eigenvalue weighted by Crippen LogP contribution is 2.58. The van der Waals surface area contributed by atoms with Crippen molar-refractivity contribution in [3.05, 3.63) is 22.4 Å². The van der Waals surface area contributed by atoms with Crippen LogP contribution in [0.25, 0.3) is 0 Å². The van der Waals surface area contributed by atoms with Crippen molar-refractivity contribution in [1.82, 2.24) is 5.32 Å². The van der Waals surface area contributed by atoms with Gasteiger partial charge in [0.25, 0.3) is 0 Å². The average molecular weight is 308 g/mol. The zero-order chi connectivity index (χ0) is 15.3. The van der Waals surface area contributed by atoms with Crippen LogP contribution in [0, 0.1) is 11.3 Å². The number of hydrogen-bond acceptors (Lipinski definition) is 4. The number of carbonyl (C=O) groups is 1. The summed E-state index contributed by atoms with van der Waals surface area (Å²) in [6.07, 6.45) is 1.86. The minimum atomic E-state index is -0.808. The predicted molar refractivity (Wildman–Crippen MR) is 84.2 cm³/mol. The Bertz CT molecular complexity index is 528. The summed E-state index contributed by atoms with van der Waals surface area (Å²) in [7, 11) is 0. The first-order valence-electron chi connectivity index (χ1n) is 7.61. The summed E-state index contributed by atoms with van der Waals surface area (Å²) in [5.41, 5.74) is 5.43. The summed E-state index contributed by atoms with van der Waals surface area (Å²) in [6, 6.07) is 4.22. The van der Waals surface area contributed by atoms with Gasteiger partial charge in [-0.25, -0.2) is 0 Å². The summed E-state index contributed by atoms with van der Waals surface area (Å²) < 4.78 is 5.74. The Morgan fingerprint density at radius 1 is 1.62 bits per heavy atom. The molecule has 3 rings (SSSR count). The number of nitrogens with one attached hydrogen (secondary N) is 1. The number of nitrogens with two attached hydrogens (primary N) is 1. The second kappa shape index (κ2) is 5.07. The lowest BCUT2D eigenvalue weighted by molar-refractivity contribution is -0.175. The van der Waals surface area contributed by atoms with Crippen molar-refractivity contribution in [2.75, 3.05) is 6.61 Å². The van der Waals surface area contributed by atoms with Gasteiger partial charge in [-0.2, -0.15) is 0 Å². The Morgan fingerprint density at radius 3 is 3.05 bits per heavy atom. The number of ether oxygens (including phenoxy) is 1. The molecule has 3 N–H and O–H groups in total. The molecule has 0 bridgehead atoms. The molecule has 1 amide bonds. The monoisotopic (exact) mass is 308 g/mol. The Balaban J connectivity index is 1.67. The van der Waals surface area contributed by atoms with Crippen molar-refractivity contribution in [2.45, 2.75) is 51.3 Å². The maximum absolute atomic E-state index is 12.8. The van der Waals surface area contributed by atoms with Gasteiger partial charge < -0.3 is 15.8 Å². The molecule has 1 aromatic rings. The number of rotatable bonds is 4. The van der Waals surface area contributed by atoms with E-state index in [0.717, 1.165) is 19.4 Å². The second-order valence-corrected chi connectivity index (χ2v) is 7.97. The van der Waals surface area contributed by atoms with Gasteiger partial charge in [-0.1, -0.05) is 19.9 Å². The quantitative estimate of drug-likeness (QED) is 0.893. The SMILES string of the molecule is CC(Cc1cccs1)NC(=O)C1(N)C2CCOC2C1(C)C. The van der Waals surface area contributed by atoms with Crippen molar-refractivity contribution in [2.24, 2.45) is 17.1 Å². The lowest BCUT2D eigenvalue weighted by Crippen LogP contribution is -2.80. The fourth-order valence-electron chi connectivity index (χ4n) is 3.97. The van der Waals surface area contributed by atoms with Crippen LogP contribution in [-0.4, -0.2) is 30.2 Å². The van der Waals surface area contributed by atoms with E-state index < -0.39 is 5.54 Å². The lowest BCUT2D eigenvalue weighted by Gasteiger charge is -2.60. The zero-order valence-electron chi connectivity index (χ0n) is 12.9. The van der Waals surface area contributed by atoms with Gasteiger partial charge in [-0.05, 0) is 24.8 Å². The highest BCUT2D eigenvalue weighted by molar-refractivity contribution is 7.09. The number of fused-ring (bicyclic) bond motifs is 1. The second-order valence-electron chi connectivity index (χ2n) is 6.94. The van der Waals surface area contributed by atoms with Crippen molar-refractivity contribution in [1.29, 1.82) is 0 Å². The predicted octanol–water partition coefficient (Wildman–Crippen LogP) is 1.94. The summed E-state index contributed by atoms with van der Waals surface area (Å²) in [6.45, 7) is 6.84. The molecule has 4 atom stereocenters. The molecule has 2 aliphatic rings. The zero-order valence-corrected chi connectivity index (χ0v) is 13.7. The molecule has 0 radical (unpaired) electrons. The average Bonchev–Trinajstić information content (AvgIpc) is 3.06. The minimum Gasteiger partial charge on any atom is -0.377 e. The summed E-state index contributed by atoms with van der Waals surface area (Å²) in [5.74, 6) is 0.129. The van der Waals surface area contributed by atoms with Crippen LogP contribution in [0.5, 0.6) is 0 Å². The lowest BCUT2D eigenvalue weighted by atomic mass is 9.48. The van der Waals surface area contributed by atoms with E-state index in [1.54, 1.807) is 11.3 Å². The number of hydrogen-bond donors (Lipinski definition) is 2. The Morgan fingerprint density at radius 2 is 2.38 bits per heavy atom. The van der Waals surface area contributed by atoms with Crippen LogP contribution < -0.4 is 11.1 Å². The summed E-state index contributed by atoms with van der Waals surface area (Å²) in [5, 5.41) is 5.18. The van der Waals surface area contributed by atoms with E-state index in [0.29, 0.717) is 0 Å². The van der Waals surface area contributed by atoms with Gasteiger partial charge in [0.15, 0.2) is 0 Å². The van der Waals surface area contributed by atoms with Crippen LogP contribution in [0.15, 0.2) is 17.5 Å². The van der Waals surface area contributed by atoms with Crippen molar-refractivity contribution < 1.29 is 9.53 Å². The largest absolute Gasteiger partial charge is 0.377 e. The van der Waals surface area contributed by atoms with E-state index in [2.05, 4.69) is 16.8 Å². The number of amides is 1. The Labute approximate surface area is 130 Å². The van der Waals surface area contributed by atoms with Crippen LogP contribution in [0.2, 0.25) is 0 Å². The van der Waals surface area contributed by atoms with Gasteiger partial charge in [0.2, 0.25) is 5.91 Å². The third-order valence-corrected chi connectivity index (χ3v) is 6.19. The van der Waals surface area contributed by atoms with E-state index in [4.69, 9.17) is 10.5 Å². The van der Waals surface area contributed by atoms with E-state index in [-0.39, 0.29) is 29.4 Å². The first-order valence-corrected chi connectivity index (χ1v) is 8.49. The number of thiophene rings is 1. The molecule has 1 aromatic heterocycles. The molecular weight excluding hydrogens is 284 g/mol. The van der Waals surface area contributed by atoms with Crippen LogP contribution in [0.3, 0.4) is 0 Å². The molecule has 21 heavy (non-hydrogen) atoms. The molecule has 5 heteroatoms. The van der Waals surface area contributed by atoms with Crippen molar-refractivity contribution >= 4 is 17.2 Å². The van der Waals surface area contributed by atoms with Gasteiger partial charge in [0.1, 0.15) is 5.54 Å². The van der Waals surface area contributed by atoms with Gasteiger partial charge in [-0.3, -0.25) is 4.79 Å². The maximum Gasteiger partial charge on any atom is 0.241 e. The molecule has 1 aliphatic carbocycles. The first-order chi connectivity index (χ1) is 9.87. The van der Waals surface area contributed by atoms with Gasteiger partial charge in [-0.15, -0.1) is 11.3 Å². The third-order valence-electron chi connectivity index (χ3n) is 5.29. The van der Waals surface area contributed by atoms with E-state index in [1.165, 1.54) is 4.88 Å². The Kier molecular flexibility index (Phi) is 3.62. The smallest absolute Gasteiger partial charge is 0.241 e. The topological polar surface area (TPSA) is 64.4 Å². The van der Waals surface area contributed by atoms with E-state index in [9.17, 15) is 4.79 Å². The van der Waals surface area contributed by atoms with Crippen LogP contribution in [0.4, 0.5) is 0 Å². The van der Waals surface area contributed by atoms with E-state index >= 15 is 0 Å². The first kappa shape index (κ1) is 15.0. The fourth-order valence-corrected chi connectivity index (χ4v) is 4.81. The maximum atomic E-state index is 12.8. The fraction of sp³-hybridized carbons (Fsp3) is 0.688. The molecule has 0 aromatic carbocycles. The molecule has 1 saturated heterocycles. The molecular formula is C16H24N2O2S. The van der Waals surface area contributed by atoms with Crippen molar-refractivity contribution in [3.63, 3.8) is 0 Å². The molecule has 2 heterocycles. The molecule has 1 saturated carbocycles. The Hall–Kier alpha value is -0.910. The summed E-state index contributed by atoms with van der Waals surface area (Å²) in [4.78, 5) is 14.0. The summed E-state index contributed by atoms with van der Waals surface area (Å²) >= 11 is 1.72.